The second-order valence-electron chi connectivity index (χ2n) is 7.95. The third kappa shape index (κ3) is 6.03. The number of nitrogens with zero attached hydrogens (tertiary/aromatic N) is 2. The minimum Gasteiger partial charge on any atom is -0.490 e. The zero-order valence-corrected chi connectivity index (χ0v) is 17.0. The molecular weight excluding hydrogens is 340 g/mol. The highest BCUT2D eigenvalue weighted by Gasteiger charge is 2.20. The Morgan fingerprint density at radius 1 is 1.22 bits per heavy atom. The number of aliphatic imine (C=N–C) groups is 1. The van der Waals surface area contributed by atoms with Crippen LogP contribution in [0, 0.1) is 11.8 Å². The van der Waals surface area contributed by atoms with E-state index in [1.807, 2.05) is 25.2 Å². The van der Waals surface area contributed by atoms with E-state index < -0.39 is 0 Å². The largest absolute Gasteiger partial charge is 0.490 e. The highest BCUT2D eigenvalue weighted by molar-refractivity contribution is 5.93. The topological polar surface area (TPSA) is 58.1 Å². The average Bonchev–Trinajstić information content (AvgIpc) is 2.90. The summed E-state index contributed by atoms with van der Waals surface area (Å²) in [6.07, 6.45) is 3.48. The van der Waals surface area contributed by atoms with Gasteiger partial charge in [0.05, 0.1) is 13.2 Å². The van der Waals surface area contributed by atoms with Crippen molar-refractivity contribution >= 4 is 11.6 Å². The summed E-state index contributed by atoms with van der Waals surface area (Å²) >= 11 is 0. The van der Waals surface area contributed by atoms with Crippen molar-refractivity contribution in [3.05, 3.63) is 18.2 Å². The maximum Gasteiger partial charge on any atom is 0.195 e. The molecule has 1 aromatic rings. The predicted molar refractivity (Wildman–Crippen MR) is 111 cm³/mol. The van der Waals surface area contributed by atoms with Crippen molar-refractivity contribution < 1.29 is 9.47 Å². The quantitative estimate of drug-likeness (QED) is 0.612. The Hall–Kier alpha value is -1.95. The van der Waals surface area contributed by atoms with Crippen LogP contribution in [0.1, 0.15) is 33.1 Å². The van der Waals surface area contributed by atoms with Crippen LogP contribution >= 0.6 is 0 Å². The summed E-state index contributed by atoms with van der Waals surface area (Å²) < 4.78 is 11.5. The molecule has 150 valence electrons. The van der Waals surface area contributed by atoms with Crippen LogP contribution < -0.4 is 20.1 Å². The van der Waals surface area contributed by atoms with Crippen molar-refractivity contribution in [2.24, 2.45) is 16.8 Å². The van der Waals surface area contributed by atoms with Crippen LogP contribution in [0.15, 0.2) is 23.2 Å². The second kappa shape index (κ2) is 9.83. The summed E-state index contributed by atoms with van der Waals surface area (Å²) in [5.74, 6) is 3.80. The first-order chi connectivity index (χ1) is 13.1. The Bertz CT molecular complexity index is 633. The number of piperidine rings is 1. The number of hydrogen-bond donors (Lipinski definition) is 2. The zero-order chi connectivity index (χ0) is 19.1. The molecule has 0 radical (unpaired) electrons. The van der Waals surface area contributed by atoms with Crippen LogP contribution in [0.25, 0.3) is 0 Å². The van der Waals surface area contributed by atoms with Crippen LogP contribution in [-0.4, -0.2) is 57.3 Å². The van der Waals surface area contributed by atoms with E-state index in [-0.39, 0.29) is 0 Å². The number of anilines is 1. The lowest BCUT2D eigenvalue weighted by Crippen LogP contribution is -2.43. The smallest absolute Gasteiger partial charge is 0.195 e. The molecule has 6 heteroatoms. The zero-order valence-electron chi connectivity index (χ0n) is 17.0. The molecule has 0 aliphatic carbocycles. The van der Waals surface area contributed by atoms with Gasteiger partial charge in [-0.15, -0.1) is 0 Å². The highest BCUT2D eigenvalue weighted by atomic mass is 16.5. The maximum absolute atomic E-state index is 5.77. The monoisotopic (exact) mass is 374 g/mol. The van der Waals surface area contributed by atoms with Crippen molar-refractivity contribution in [2.75, 3.05) is 51.8 Å². The summed E-state index contributed by atoms with van der Waals surface area (Å²) in [6.45, 7) is 10.5. The summed E-state index contributed by atoms with van der Waals surface area (Å²) in [7, 11) is 1.81. The molecule has 0 amide bonds. The van der Waals surface area contributed by atoms with E-state index in [1.54, 1.807) is 0 Å². The molecule has 2 heterocycles. The molecule has 1 unspecified atom stereocenters. The molecule has 27 heavy (non-hydrogen) atoms. The van der Waals surface area contributed by atoms with Crippen molar-refractivity contribution in [3.8, 4) is 11.5 Å². The summed E-state index contributed by atoms with van der Waals surface area (Å²) in [5.41, 5.74) is 0.956. The summed E-state index contributed by atoms with van der Waals surface area (Å²) in [6, 6.07) is 5.95. The third-order valence-corrected chi connectivity index (χ3v) is 5.02. The van der Waals surface area contributed by atoms with E-state index in [4.69, 9.17) is 9.47 Å². The van der Waals surface area contributed by atoms with Gasteiger partial charge in [0.2, 0.25) is 0 Å². The Labute approximate surface area is 163 Å². The number of benzene rings is 1. The van der Waals surface area contributed by atoms with Crippen LogP contribution in [0.2, 0.25) is 0 Å². The molecule has 1 saturated heterocycles. The molecule has 2 aliphatic heterocycles. The number of guanidine groups is 1. The third-order valence-electron chi connectivity index (χ3n) is 5.02. The lowest BCUT2D eigenvalue weighted by molar-refractivity contribution is 0.159. The SMILES string of the molecule is CN=C(NCC1CCCN(CC(C)C)C1)Nc1ccc2c(c1)OCCCO2. The second-order valence-corrected chi connectivity index (χ2v) is 7.95. The van der Waals surface area contributed by atoms with E-state index in [2.05, 4.69) is 34.4 Å². The van der Waals surface area contributed by atoms with Crippen molar-refractivity contribution in [1.29, 1.82) is 0 Å². The fourth-order valence-corrected chi connectivity index (χ4v) is 3.80. The lowest BCUT2D eigenvalue weighted by atomic mass is 9.97. The van der Waals surface area contributed by atoms with E-state index in [0.29, 0.717) is 19.1 Å². The van der Waals surface area contributed by atoms with E-state index >= 15 is 0 Å². The maximum atomic E-state index is 5.77. The van der Waals surface area contributed by atoms with Gasteiger partial charge >= 0.3 is 0 Å². The van der Waals surface area contributed by atoms with Gasteiger partial charge in [0.15, 0.2) is 17.5 Å². The molecule has 1 fully saturated rings. The number of ether oxygens (including phenoxy) is 2. The molecule has 6 nitrogen and oxygen atoms in total. The first-order valence-electron chi connectivity index (χ1n) is 10.2. The normalized spacial score (nSPS) is 21.0. The van der Waals surface area contributed by atoms with E-state index in [0.717, 1.165) is 42.0 Å². The fraction of sp³-hybridized carbons (Fsp3) is 0.667. The van der Waals surface area contributed by atoms with Gasteiger partial charge in [-0.25, -0.2) is 0 Å². The first-order valence-corrected chi connectivity index (χ1v) is 10.2. The van der Waals surface area contributed by atoms with Crippen LogP contribution in [0.4, 0.5) is 5.69 Å². The van der Waals surface area contributed by atoms with Gasteiger partial charge in [0, 0.05) is 44.9 Å². The molecule has 2 N–H and O–H groups in total. The molecule has 2 aliphatic rings. The summed E-state index contributed by atoms with van der Waals surface area (Å²) in [4.78, 5) is 6.97. The molecular formula is C21H34N4O2. The van der Waals surface area contributed by atoms with Crippen molar-refractivity contribution in [3.63, 3.8) is 0 Å². The van der Waals surface area contributed by atoms with Crippen molar-refractivity contribution in [2.45, 2.75) is 33.1 Å². The van der Waals surface area contributed by atoms with Crippen molar-refractivity contribution in [1.82, 2.24) is 10.2 Å². The molecule has 3 rings (SSSR count). The first kappa shape index (κ1) is 19.8. The Balaban J connectivity index is 1.51. The van der Waals surface area contributed by atoms with Crippen LogP contribution in [0.5, 0.6) is 11.5 Å². The number of nitrogens with one attached hydrogen (secondary N) is 2. The van der Waals surface area contributed by atoms with E-state index in [1.165, 1.54) is 32.5 Å². The van der Waals surface area contributed by atoms with Gasteiger partial charge in [-0.05, 0) is 43.4 Å². The molecule has 0 spiro atoms. The van der Waals surface area contributed by atoms with Gasteiger partial charge in [-0.2, -0.15) is 0 Å². The molecule has 0 aromatic heterocycles. The number of likely N-dealkylation sites (tertiary alicyclic amines) is 1. The predicted octanol–water partition coefficient (Wildman–Crippen LogP) is 3.20. The van der Waals surface area contributed by atoms with Gasteiger partial charge in [0.1, 0.15) is 0 Å². The minimum atomic E-state index is 0.667. The lowest BCUT2D eigenvalue weighted by Gasteiger charge is -2.34. The Kier molecular flexibility index (Phi) is 7.21. The average molecular weight is 375 g/mol. The Morgan fingerprint density at radius 3 is 2.81 bits per heavy atom. The van der Waals surface area contributed by atoms with Crippen LogP contribution in [0.3, 0.4) is 0 Å². The van der Waals surface area contributed by atoms with Crippen LogP contribution in [-0.2, 0) is 0 Å². The van der Waals surface area contributed by atoms with E-state index in [9.17, 15) is 0 Å². The minimum absolute atomic E-state index is 0.667. The number of hydrogen-bond acceptors (Lipinski definition) is 4. The van der Waals surface area contributed by atoms with Gasteiger partial charge in [-0.3, -0.25) is 4.99 Å². The molecule has 0 saturated carbocycles. The number of rotatable bonds is 5. The fourth-order valence-electron chi connectivity index (χ4n) is 3.80. The standard InChI is InChI=1S/C21H34N4O2/c1-16(2)14-25-9-4-6-17(15-25)13-23-21(22-3)24-18-7-8-19-20(12-18)27-11-5-10-26-19/h7-8,12,16-17H,4-6,9-11,13-15H2,1-3H3,(H2,22,23,24). The molecule has 0 bridgehead atoms. The molecule has 1 atom stereocenters. The molecule has 1 aromatic carbocycles. The van der Waals surface area contributed by atoms with Gasteiger partial charge in [0.25, 0.3) is 0 Å². The summed E-state index contributed by atoms with van der Waals surface area (Å²) in [5, 5.41) is 6.87. The van der Waals surface area contributed by atoms with Gasteiger partial charge in [-0.1, -0.05) is 13.8 Å². The number of fused-ring (bicyclic) bond motifs is 1. The Morgan fingerprint density at radius 2 is 2.04 bits per heavy atom. The van der Waals surface area contributed by atoms with Gasteiger partial charge < -0.3 is 25.0 Å². The highest BCUT2D eigenvalue weighted by Crippen LogP contribution is 2.32.